The Balaban J connectivity index is 2.50. The molecule has 0 saturated heterocycles. The van der Waals surface area contributed by atoms with Crippen molar-refractivity contribution in [3.05, 3.63) is 23.5 Å². The summed E-state index contributed by atoms with van der Waals surface area (Å²) in [5.41, 5.74) is 0.698. The predicted molar refractivity (Wildman–Crippen MR) is 66.4 cm³/mol. The van der Waals surface area contributed by atoms with Crippen LogP contribution in [0.4, 0.5) is 0 Å². The number of hydrogen-bond acceptors (Lipinski definition) is 3. The summed E-state index contributed by atoms with van der Waals surface area (Å²) >= 11 is 0. The number of carbonyl (C=O) groups excluding carboxylic acids is 3. The summed E-state index contributed by atoms with van der Waals surface area (Å²) in [5, 5.41) is 5.12. The second-order valence-corrected chi connectivity index (χ2v) is 4.26. The molecule has 2 amide bonds. The molecule has 0 fully saturated rings. The molecule has 6 nitrogen and oxygen atoms in total. The predicted octanol–water partition coefficient (Wildman–Crippen LogP) is 0.472. The minimum atomic E-state index is -0.415. The average Bonchev–Trinajstić information content (AvgIpc) is 2.74. The van der Waals surface area contributed by atoms with Crippen LogP contribution < -0.4 is 10.6 Å². The molecular weight excluding hydrogens is 234 g/mol. The standard InChI is InChI=1S/C12H17N3O3/c1-7(2)15-11(17)6-14-12(18)10-4-9(5-13-10)8(3)16/h4-5,7,13H,6H2,1-3H3,(H,14,18)(H,15,17). The first-order valence-corrected chi connectivity index (χ1v) is 5.67. The number of aromatic amines is 1. The molecule has 0 aromatic carbocycles. The first-order valence-electron chi connectivity index (χ1n) is 5.67. The monoisotopic (exact) mass is 251 g/mol. The molecule has 0 spiro atoms. The third-order valence-corrected chi connectivity index (χ3v) is 2.19. The van der Waals surface area contributed by atoms with Gasteiger partial charge in [-0.15, -0.1) is 0 Å². The molecule has 0 aliphatic heterocycles. The Kier molecular flexibility index (Phi) is 4.65. The van der Waals surface area contributed by atoms with Gasteiger partial charge >= 0.3 is 0 Å². The molecule has 0 unspecified atom stereocenters. The Morgan fingerprint density at radius 2 is 2.00 bits per heavy atom. The Hall–Kier alpha value is -2.11. The van der Waals surface area contributed by atoms with Gasteiger partial charge in [-0.3, -0.25) is 14.4 Å². The summed E-state index contributed by atoms with van der Waals surface area (Å²) in [6, 6.07) is 1.49. The quantitative estimate of drug-likeness (QED) is 0.664. The van der Waals surface area contributed by atoms with Crippen molar-refractivity contribution in [2.75, 3.05) is 6.54 Å². The van der Waals surface area contributed by atoms with Crippen LogP contribution >= 0.6 is 0 Å². The van der Waals surface area contributed by atoms with E-state index in [1.165, 1.54) is 19.2 Å². The Labute approximate surface area is 105 Å². The zero-order chi connectivity index (χ0) is 13.7. The van der Waals surface area contributed by atoms with Gasteiger partial charge in [-0.05, 0) is 26.8 Å². The van der Waals surface area contributed by atoms with Crippen LogP contribution in [0.5, 0.6) is 0 Å². The highest BCUT2D eigenvalue weighted by Gasteiger charge is 2.11. The van der Waals surface area contributed by atoms with Crippen LogP contribution in [0.3, 0.4) is 0 Å². The first-order chi connectivity index (χ1) is 8.40. The van der Waals surface area contributed by atoms with E-state index in [0.717, 1.165) is 0 Å². The van der Waals surface area contributed by atoms with Gasteiger partial charge in [0, 0.05) is 17.8 Å². The van der Waals surface area contributed by atoms with Gasteiger partial charge < -0.3 is 15.6 Å². The highest BCUT2D eigenvalue weighted by molar-refractivity contribution is 5.99. The molecule has 0 radical (unpaired) electrons. The van der Waals surface area contributed by atoms with Gasteiger partial charge in [0.15, 0.2) is 5.78 Å². The van der Waals surface area contributed by atoms with Crippen molar-refractivity contribution in [2.24, 2.45) is 0 Å². The Morgan fingerprint density at radius 3 is 2.50 bits per heavy atom. The molecule has 1 heterocycles. The zero-order valence-electron chi connectivity index (χ0n) is 10.7. The van der Waals surface area contributed by atoms with Crippen molar-refractivity contribution in [1.29, 1.82) is 0 Å². The molecule has 3 N–H and O–H groups in total. The van der Waals surface area contributed by atoms with Crippen LogP contribution in [0.1, 0.15) is 41.6 Å². The van der Waals surface area contributed by atoms with E-state index in [-0.39, 0.29) is 30.0 Å². The minimum absolute atomic E-state index is 0.0317. The summed E-state index contributed by atoms with van der Waals surface area (Å²) in [6.07, 6.45) is 1.46. The van der Waals surface area contributed by atoms with Crippen LogP contribution in [0, 0.1) is 0 Å². The average molecular weight is 251 g/mol. The highest BCUT2D eigenvalue weighted by Crippen LogP contribution is 2.03. The SMILES string of the molecule is CC(=O)c1c[nH]c(C(=O)NCC(=O)NC(C)C)c1. The van der Waals surface area contributed by atoms with E-state index >= 15 is 0 Å². The first kappa shape index (κ1) is 14.0. The smallest absolute Gasteiger partial charge is 0.268 e. The van der Waals surface area contributed by atoms with E-state index in [1.54, 1.807) is 0 Å². The van der Waals surface area contributed by atoms with Gasteiger partial charge in [0.2, 0.25) is 5.91 Å². The lowest BCUT2D eigenvalue weighted by atomic mass is 10.2. The molecule has 1 aromatic heterocycles. The fourth-order valence-electron chi connectivity index (χ4n) is 1.36. The number of carbonyl (C=O) groups is 3. The molecule has 18 heavy (non-hydrogen) atoms. The number of ketones is 1. The largest absolute Gasteiger partial charge is 0.356 e. The van der Waals surface area contributed by atoms with Gasteiger partial charge in [-0.2, -0.15) is 0 Å². The van der Waals surface area contributed by atoms with Gasteiger partial charge in [0.05, 0.1) is 6.54 Å². The Morgan fingerprint density at radius 1 is 1.33 bits per heavy atom. The highest BCUT2D eigenvalue weighted by atomic mass is 16.2. The summed E-state index contributed by atoms with van der Waals surface area (Å²) in [4.78, 5) is 36.7. The van der Waals surface area contributed by atoms with Crippen LogP contribution in [0.25, 0.3) is 0 Å². The molecule has 0 aliphatic carbocycles. The normalized spacial score (nSPS) is 10.2. The molecular formula is C12H17N3O3. The van der Waals surface area contributed by atoms with E-state index < -0.39 is 5.91 Å². The van der Waals surface area contributed by atoms with E-state index in [1.807, 2.05) is 13.8 Å². The third kappa shape index (κ3) is 4.04. The molecule has 0 aliphatic rings. The summed E-state index contributed by atoms with van der Waals surface area (Å²) in [7, 11) is 0. The number of amides is 2. The van der Waals surface area contributed by atoms with Crippen LogP contribution in [-0.2, 0) is 4.79 Å². The number of nitrogens with one attached hydrogen (secondary N) is 3. The molecule has 0 saturated carbocycles. The molecule has 0 bridgehead atoms. The maximum absolute atomic E-state index is 11.6. The molecule has 6 heteroatoms. The van der Waals surface area contributed by atoms with Crippen molar-refractivity contribution in [2.45, 2.75) is 26.8 Å². The number of Topliss-reactive ketones (excluding diaryl/α,β-unsaturated/α-hetero) is 1. The van der Waals surface area contributed by atoms with Gasteiger partial charge in [0.25, 0.3) is 5.91 Å². The fraction of sp³-hybridized carbons (Fsp3) is 0.417. The van der Waals surface area contributed by atoms with Crippen LogP contribution in [0.15, 0.2) is 12.3 Å². The van der Waals surface area contributed by atoms with E-state index in [9.17, 15) is 14.4 Å². The van der Waals surface area contributed by atoms with Crippen molar-refractivity contribution >= 4 is 17.6 Å². The molecule has 98 valence electrons. The fourth-order valence-corrected chi connectivity index (χ4v) is 1.36. The lowest BCUT2D eigenvalue weighted by Crippen LogP contribution is -2.39. The Bertz CT molecular complexity index is 463. The van der Waals surface area contributed by atoms with Crippen molar-refractivity contribution < 1.29 is 14.4 Å². The van der Waals surface area contributed by atoms with Gasteiger partial charge in [-0.1, -0.05) is 0 Å². The number of rotatable bonds is 5. The lowest BCUT2D eigenvalue weighted by Gasteiger charge is -2.08. The lowest BCUT2D eigenvalue weighted by molar-refractivity contribution is -0.120. The second-order valence-electron chi connectivity index (χ2n) is 4.26. The summed E-state index contributed by atoms with van der Waals surface area (Å²) in [6.45, 7) is 5.00. The van der Waals surface area contributed by atoms with E-state index in [0.29, 0.717) is 5.56 Å². The van der Waals surface area contributed by atoms with Crippen molar-refractivity contribution in [3.63, 3.8) is 0 Å². The van der Waals surface area contributed by atoms with Crippen molar-refractivity contribution in [3.8, 4) is 0 Å². The number of H-pyrrole nitrogens is 1. The van der Waals surface area contributed by atoms with Crippen molar-refractivity contribution in [1.82, 2.24) is 15.6 Å². The van der Waals surface area contributed by atoms with Gasteiger partial charge in [-0.25, -0.2) is 0 Å². The minimum Gasteiger partial charge on any atom is -0.356 e. The maximum atomic E-state index is 11.6. The van der Waals surface area contributed by atoms with E-state index in [4.69, 9.17) is 0 Å². The van der Waals surface area contributed by atoms with Crippen LogP contribution in [0.2, 0.25) is 0 Å². The number of hydrogen-bond donors (Lipinski definition) is 3. The van der Waals surface area contributed by atoms with Gasteiger partial charge in [0.1, 0.15) is 5.69 Å². The third-order valence-electron chi connectivity index (χ3n) is 2.19. The molecule has 1 aromatic rings. The zero-order valence-corrected chi connectivity index (χ0v) is 10.7. The molecule has 0 atom stereocenters. The van der Waals surface area contributed by atoms with E-state index in [2.05, 4.69) is 15.6 Å². The summed E-state index contributed by atoms with van der Waals surface area (Å²) < 4.78 is 0. The van der Waals surface area contributed by atoms with Crippen LogP contribution in [-0.4, -0.2) is 35.2 Å². The second kappa shape index (κ2) is 6.00. The topological polar surface area (TPSA) is 91.1 Å². The number of aromatic nitrogens is 1. The summed E-state index contributed by atoms with van der Waals surface area (Å²) in [5.74, 6) is -0.791. The maximum Gasteiger partial charge on any atom is 0.268 e. The molecule has 1 rings (SSSR count).